The van der Waals surface area contributed by atoms with Gasteiger partial charge in [0.05, 0.1) is 23.6 Å². The SMILES string of the molecule is O=S(=O)(CCCOc1ccc2c(-c3c(-c4ccccn4)nn4c3CCC4)ccnc2c1)c1ncccn1. The van der Waals surface area contributed by atoms with E-state index in [9.17, 15) is 8.42 Å². The number of fused-ring (bicyclic) bond motifs is 2. The second kappa shape index (κ2) is 9.70. The number of pyridine rings is 2. The summed E-state index contributed by atoms with van der Waals surface area (Å²) in [4.78, 5) is 16.8. The third-order valence-electron chi connectivity index (χ3n) is 6.38. The number of ether oxygens (including phenoxy) is 1. The van der Waals surface area contributed by atoms with Crippen LogP contribution in [0.1, 0.15) is 18.5 Å². The van der Waals surface area contributed by atoms with E-state index in [1.165, 1.54) is 18.1 Å². The van der Waals surface area contributed by atoms with E-state index in [1.54, 1.807) is 18.5 Å². The van der Waals surface area contributed by atoms with Crippen LogP contribution >= 0.6 is 0 Å². The Labute approximate surface area is 214 Å². The summed E-state index contributed by atoms with van der Waals surface area (Å²) in [6.07, 6.45) is 8.80. The van der Waals surface area contributed by atoms with Crippen LogP contribution in [-0.4, -0.2) is 50.5 Å². The van der Waals surface area contributed by atoms with Crippen molar-refractivity contribution in [3.63, 3.8) is 0 Å². The Morgan fingerprint density at radius 2 is 1.78 bits per heavy atom. The molecule has 0 N–H and O–H groups in total. The van der Waals surface area contributed by atoms with Crippen molar-refractivity contribution in [1.82, 2.24) is 29.7 Å². The molecule has 9 nitrogen and oxygen atoms in total. The van der Waals surface area contributed by atoms with Gasteiger partial charge in [-0.2, -0.15) is 5.10 Å². The lowest BCUT2D eigenvalue weighted by Gasteiger charge is -2.11. The molecule has 0 saturated carbocycles. The van der Waals surface area contributed by atoms with Crippen molar-refractivity contribution in [1.29, 1.82) is 0 Å². The zero-order valence-electron chi connectivity index (χ0n) is 20.0. The van der Waals surface area contributed by atoms with Gasteiger partial charge in [-0.1, -0.05) is 6.07 Å². The third kappa shape index (κ3) is 4.55. The summed E-state index contributed by atoms with van der Waals surface area (Å²) in [6.45, 7) is 1.15. The summed E-state index contributed by atoms with van der Waals surface area (Å²) in [7, 11) is -3.54. The van der Waals surface area contributed by atoms with E-state index in [2.05, 4.69) is 24.6 Å². The fraction of sp³-hybridized carbons (Fsp3) is 0.222. The summed E-state index contributed by atoms with van der Waals surface area (Å²) >= 11 is 0. The number of nitrogens with zero attached hydrogens (tertiary/aromatic N) is 6. The number of hydrogen-bond donors (Lipinski definition) is 0. The highest BCUT2D eigenvalue weighted by Gasteiger charge is 2.25. The third-order valence-corrected chi connectivity index (χ3v) is 7.97. The predicted molar refractivity (Wildman–Crippen MR) is 139 cm³/mol. The molecule has 0 unspecified atom stereocenters. The Hall–Kier alpha value is -4.18. The van der Waals surface area contributed by atoms with Crippen LogP contribution < -0.4 is 4.74 Å². The van der Waals surface area contributed by atoms with Gasteiger partial charge in [0.1, 0.15) is 11.4 Å². The highest BCUT2D eigenvalue weighted by atomic mass is 32.2. The monoisotopic (exact) mass is 512 g/mol. The maximum absolute atomic E-state index is 12.4. The summed E-state index contributed by atoms with van der Waals surface area (Å²) < 4.78 is 32.7. The van der Waals surface area contributed by atoms with Crippen molar-refractivity contribution in [2.24, 2.45) is 0 Å². The van der Waals surface area contributed by atoms with Gasteiger partial charge in [0.2, 0.25) is 15.0 Å². The van der Waals surface area contributed by atoms with Gasteiger partial charge in [-0.05, 0) is 61.2 Å². The van der Waals surface area contributed by atoms with Crippen LogP contribution in [0.4, 0.5) is 0 Å². The molecule has 37 heavy (non-hydrogen) atoms. The first kappa shape index (κ1) is 23.2. The molecule has 0 spiro atoms. The molecule has 0 aliphatic carbocycles. The topological polar surface area (TPSA) is 113 Å². The second-order valence-electron chi connectivity index (χ2n) is 8.80. The lowest BCUT2D eigenvalue weighted by Crippen LogP contribution is -2.13. The van der Waals surface area contributed by atoms with Crippen molar-refractivity contribution >= 4 is 20.7 Å². The molecule has 5 heterocycles. The van der Waals surface area contributed by atoms with Gasteiger partial charge in [-0.3, -0.25) is 14.6 Å². The van der Waals surface area contributed by atoms with Crippen molar-refractivity contribution in [3.8, 4) is 28.3 Å². The van der Waals surface area contributed by atoms with Crippen molar-refractivity contribution in [3.05, 3.63) is 79.0 Å². The molecule has 0 atom stereocenters. The minimum atomic E-state index is -3.54. The molecule has 1 aliphatic heterocycles. The molecule has 1 aliphatic rings. The van der Waals surface area contributed by atoms with Crippen molar-refractivity contribution in [2.75, 3.05) is 12.4 Å². The Kier molecular flexibility index (Phi) is 6.09. The molecule has 1 aromatic carbocycles. The normalized spacial score (nSPS) is 13.1. The Morgan fingerprint density at radius 1 is 0.919 bits per heavy atom. The Balaban J connectivity index is 1.25. The van der Waals surface area contributed by atoms with E-state index in [0.717, 1.165) is 52.8 Å². The Morgan fingerprint density at radius 3 is 2.62 bits per heavy atom. The number of sulfone groups is 1. The van der Waals surface area contributed by atoms with E-state index in [0.29, 0.717) is 12.2 Å². The fourth-order valence-corrected chi connectivity index (χ4v) is 5.83. The largest absolute Gasteiger partial charge is 0.493 e. The smallest absolute Gasteiger partial charge is 0.246 e. The van der Waals surface area contributed by atoms with E-state index >= 15 is 0 Å². The number of aromatic nitrogens is 6. The second-order valence-corrected chi connectivity index (χ2v) is 10.8. The van der Waals surface area contributed by atoms with Gasteiger partial charge in [0, 0.05) is 54.0 Å². The number of rotatable bonds is 8. The minimum absolute atomic E-state index is 0.0872. The van der Waals surface area contributed by atoms with Crippen molar-refractivity contribution < 1.29 is 13.2 Å². The van der Waals surface area contributed by atoms with Crippen LogP contribution in [0.2, 0.25) is 0 Å². The molecule has 4 aromatic heterocycles. The average Bonchev–Trinajstić information content (AvgIpc) is 3.53. The van der Waals surface area contributed by atoms with Crippen LogP contribution in [0.25, 0.3) is 33.4 Å². The van der Waals surface area contributed by atoms with E-state index < -0.39 is 9.84 Å². The summed E-state index contributed by atoms with van der Waals surface area (Å²) in [5, 5.41) is 5.74. The molecular formula is C27H24N6O3S. The lowest BCUT2D eigenvalue weighted by molar-refractivity contribution is 0.318. The van der Waals surface area contributed by atoms with Crippen molar-refractivity contribution in [2.45, 2.75) is 31.0 Å². The minimum Gasteiger partial charge on any atom is -0.493 e. The first-order valence-electron chi connectivity index (χ1n) is 12.1. The first-order valence-corrected chi connectivity index (χ1v) is 13.8. The maximum atomic E-state index is 12.4. The summed E-state index contributed by atoms with van der Waals surface area (Å²) in [6, 6.07) is 15.3. The number of aryl methyl sites for hydroxylation is 1. The van der Waals surface area contributed by atoms with Gasteiger partial charge in [0.15, 0.2) is 0 Å². The molecule has 5 aromatic rings. The van der Waals surface area contributed by atoms with E-state index in [1.807, 2.05) is 42.5 Å². The number of benzene rings is 1. The van der Waals surface area contributed by atoms with Crippen LogP contribution in [0.5, 0.6) is 5.75 Å². The molecule has 0 fully saturated rings. The highest BCUT2D eigenvalue weighted by Crippen LogP contribution is 2.40. The van der Waals surface area contributed by atoms with Crippen LogP contribution in [0.3, 0.4) is 0 Å². The average molecular weight is 513 g/mol. The van der Waals surface area contributed by atoms with Gasteiger partial charge < -0.3 is 4.74 Å². The zero-order valence-corrected chi connectivity index (χ0v) is 20.8. The quantitative estimate of drug-likeness (QED) is 0.225. The first-order chi connectivity index (χ1) is 18.1. The molecule has 10 heteroatoms. The number of hydrogen-bond acceptors (Lipinski definition) is 8. The summed E-state index contributed by atoms with van der Waals surface area (Å²) in [5.41, 5.74) is 5.91. The summed E-state index contributed by atoms with van der Waals surface area (Å²) in [5.74, 6) is 0.548. The standard InChI is InChI=1S/C27H24N6O3S/c34-37(35,27-30-12-4-13-31-27)17-5-16-36-19-8-9-20-21(10-14-29-23(20)18-19)25-24-7-3-15-33(24)32-26(25)22-6-1-2-11-28-22/h1-2,4,6,8-14,18H,3,5,7,15-17H2. The molecule has 186 valence electrons. The fourth-order valence-electron chi connectivity index (χ4n) is 4.71. The molecule has 0 saturated heterocycles. The van der Waals surface area contributed by atoms with Gasteiger partial charge in [0.25, 0.3) is 0 Å². The molecule has 0 amide bonds. The molecule has 6 rings (SSSR count). The van der Waals surface area contributed by atoms with Crippen LogP contribution in [0.15, 0.2) is 78.5 Å². The van der Waals surface area contributed by atoms with Crippen LogP contribution in [0, 0.1) is 0 Å². The Bertz CT molecular complexity index is 1670. The predicted octanol–water partition coefficient (Wildman–Crippen LogP) is 4.14. The van der Waals surface area contributed by atoms with E-state index in [4.69, 9.17) is 9.84 Å². The lowest BCUT2D eigenvalue weighted by atomic mass is 9.96. The maximum Gasteiger partial charge on any atom is 0.246 e. The molecular weight excluding hydrogens is 488 g/mol. The van der Waals surface area contributed by atoms with Gasteiger partial charge in [-0.25, -0.2) is 18.4 Å². The molecule has 0 bridgehead atoms. The van der Waals surface area contributed by atoms with Crippen LogP contribution in [-0.2, 0) is 22.8 Å². The van der Waals surface area contributed by atoms with E-state index in [-0.39, 0.29) is 17.5 Å². The molecule has 0 radical (unpaired) electrons. The highest BCUT2D eigenvalue weighted by molar-refractivity contribution is 7.91. The van der Waals surface area contributed by atoms with Gasteiger partial charge in [-0.15, -0.1) is 0 Å². The van der Waals surface area contributed by atoms with Gasteiger partial charge >= 0.3 is 0 Å². The zero-order chi connectivity index (χ0) is 25.2.